The van der Waals surface area contributed by atoms with Gasteiger partial charge in [-0.25, -0.2) is 4.98 Å². The number of aryl methyl sites for hydroxylation is 1. The zero-order valence-corrected chi connectivity index (χ0v) is 11.8. The summed E-state index contributed by atoms with van der Waals surface area (Å²) < 4.78 is 5.77. The number of aromatic nitrogens is 1. The molecule has 0 aromatic carbocycles. The Labute approximate surface area is 109 Å². The molecule has 2 N–H and O–H groups in total. The summed E-state index contributed by atoms with van der Waals surface area (Å²) in [6.07, 6.45) is 2.88. The lowest BCUT2D eigenvalue weighted by molar-refractivity contribution is 0.0475. The number of hydrogen-bond donors (Lipinski definition) is 2. The van der Waals surface area contributed by atoms with Crippen LogP contribution in [0.3, 0.4) is 0 Å². The first-order chi connectivity index (χ1) is 8.44. The molecule has 1 aromatic heterocycles. The van der Waals surface area contributed by atoms with Crippen molar-refractivity contribution in [3.63, 3.8) is 0 Å². The molecule has 3 atom stereocenters. The average Bonchev–Trinajstić information content (AvgIpc) is 2.73. The SMILES string of the molecule is CCC(C)(O)c1nc([C@@H]2CC[C@@H](C)NC2)oc1C. The highest BCUT2D eigenvalue weighted by Crippen LogP contribution is 2.31. The largest absolute Gasteiger partial charge is 0.445 e. The Balaban J connectivity index is 2.19. The summed E-state index contributed by atoms with van der Waals surface area (Å²) >= 11 is 0. The van der Waals surface area contributed by atoms with E-state index in [1.165, 1.54) is 0 Å². The van der Waals surface area contributed by atoms with E-state index in [4.69, 9.17) is 4.42 Å². The molecule has 18 heavy (non-hydrogen) atoms. The Kier molecular flexibility index (Phi) is 3.78. The van der Waals surface area contributed by atoms with Gasteiger partial charge in [-0.3, -0.25) is 0 Å². The van der Waals surface area contributed by atoms with Crippen molar-refractivity contribution in [1.29, 1.82) is 0 Å². The van der Waals surface area contributed by atoms with Gasteiger partial charge in [-0.15, -0.1) is 0 Å². The van der Waals surface area contributed by atoms with E-state index in [1.54, 1.807) is 6.92 Å². The molecule has 1 unspecified atom stereocenters. The van der Waals surface area contributed by atoms with Crippen molar-refractivity contribution in [3.05, 3.63) is 17.3 Å². The van der Waals surface area contributed by atoms with Crippen LogP contribution in [-0.2, 0) is 5.60 Å². The molecule has 1 fully saturated rings. The molecule has 4 nitrogen and oxygen atoms in total. The second-order valence-electron chi connectivity index (χ2n) is 5.67. The van der Waals surface area contributed by atoms with Gasteiger partial charge in [0.15, 0.2) is 5.89 Å². The van der Waals surface area contributed by atoms with Crippen molar-refractivity contribution in [2.24, 2.45) is 0 Å². The molecule has 0 radical (unpaired) electrons. The number of hydrogen-bond acceptors (Lipinski definition) is 4. The van der Waals surface area contributed by atoms with Crippen LogP contribution in [0.15, 0.2) is 4.42 Å². The topological polar surface area (TPSA) is 58.3 Å². The van der Waals surface area contributed by atoms with E-state index in [1.807, 2.05) is 13.8 Å². The first kappa shape index (κ1) is 13.6. The molecule has 1 saturated heterocycles. The molecular formula is C14H24N2O2. The number of nitrogens with zero attached hydrogens (tertiary/aromatic N) is 1. The van der Waals surface area contributed by atoms with Crippen molar-refractivity contribution in [1.82, 2.24) is 10.3 Å². The van der Waals surface area contributed by atoms with Crippen LogP contribution in [0.25, 0.3) is 0 Å². The number of nitrogens with one attached hydrogen (secondary N) is 1. The third kappa shape index (κ3) is 2.59. The van der Waals surface area contributed by atoms with Crippen molar-refractivity contribution in [3.8, 4) is 0 Å². The van der Waals surface area contributed by atoms with E-state index < -0.39 is 5.60 Å². The molecule has 2 rings (SSSR count). The Hall–Kier alpha value is -0.870. The lowest BCUT2D eigenvalue weighted by Crippen LogP contribution is -2.35. The summed E-state index contributed by atoms with van der Waals surface area (Å²) in [5.41, 5.74) is -0.195. The van der Waals surface area contributed by atoms with Gasteiger partial charge in [0.1, 0.15) is 17.1 Å². The standard InChI is InChI=1S/C14H24N2O2/c1-5-14(4,17)12-10(3)18-13(16-12)11-7-6-9(2)15-8-11/h9,11,15,17H,5-8H2,1-4H3/t9-,11-,14?/m1/s1. The second-order valence-corrected chi connectivity index (χ2v) is 5.67. The molecule has 1 aliphatic rings. The first-order valence-electron chi connectivity index (χ1n) is 6.87. The minimum Gasteiger partial charge on any atom is -0.445 e. The zero-order valence-electron chi connectivity index (χ0n) is 11.8. The Morgan fingerprint density at radius 2 is 2.22 bits per heavy atom. The molecule has 0 amide bonds. The van der Waals surface area contributed by atoms with Gasteiger partial charge < -0.3 is 14.8 Å². The van der Waals surface area contributed by atoms with Gasteiger partial charge in [-0.1, -0.05) is 6.92 Å². The highest BCUT2D eigenvalue weighted by molar-refractivity contribution is 5.17. The lowest BCUT2D eigenvalue weighted by atomic mass is 9.95. The van der Waals surface area contributed by atoms with Crippen LogP contribution in [0.1, 0.15) is 63.3 Å². The summed E-state index contributed by atoms with van der Waals surface area (Å²) in [5.74, 6) is 1.85. The summed E-state index contributed by atoms with van der Waals surface area (Å²) in [4.78, 5) is 4.54. The second kappa shape index (κ2) is 5.02. The van der Waals surface area contributed by atoms with Gasteiger partial charge in [0, 0.05) is 18.5 Å². The van der Waals surface area contributed by atoms with Crippen LogP contribution in [0.5, 0.6) is 0 Å². The third-order valence-electron chi connectivity index (χ3n) is 4.02. The van der Waals surface area contributed by atoms with Crippen molar-refractivity contribution in [2.75, 3.05) is 6.54 Å². The van der Waals surface area contributed by atoms with E-state index in [9.17, 15) is 5.11 Å². The highest BCUT2D eigenvalue weighted by atomic mass is 16.4. The van der Waals surface area contributed by atoms with E-state index >= 15 is 0 Å². The van der Waals surface area contributed by atoms with E-state index in [-0.39, 0.29) is 0 Å². The van der Waals surface area contributed by atoms with Crippen molar-refractivity contribution >= 4 is 0 Å². The van der Waals surface area contributed by atoms with Crippen molar-refractivity contribution in [2.45, 2.75) is 64.5 Å². The minimum absolute atomic E-state index is 0.335. The smallest absolute Gasteiger partial charge is 0.199 e. The maximum atomic E-state index is 10.3. The summed E-state index contributed by atoms with van der Waals surface area (Å²) in [5, 5.41) is 13.7. The maximum absolute atomic E-state index is 10.3. The van der Waals surface area contributed by atoms with E-state index in [0.717, 1.165) is 31.0 Å². The van der Waals surface area contributed by atoms with Crippen LogP contribution in [0.4, 0.5) is 0 Å². The predicted molar refractivity (Wildman–Crippen MR) is 70.5 cm³/mol. The van der Waals surface area contributed by atoms with Crippen LogP contribution in [0.2, 0.25) is 0 Å². The van der Waals surface area contributed by atoms with E-state index in [2.05, 4.69) is 17.2 Å². The minimum atomic E-state index is -0.888. The first-order valence-corrected chi connectivity index (χ1v) is 6.87. The molecule has 0 spiro atoms. The zero-order chi connectivity index (χ0) is 13.3. The monoisotopic (exact) mass is 252 g/mol. The fraction of sp³-hybridized carbons (Fsp3) is 0.786. The van der Waals surface area contributed by atoms with Gasteiger partial charge in [0.2, 0.25) is 0 Å². The molecular weight excluding hydrogens is 228 g/mol. The molecule has 1 aliphatic heterocycles. The average molecular weight is 252 g/mol. The number of oxazole rings is 1. The summed E-state index contributed by atoms with van der Waals surface area (Å²) in [6.45, 7) is 8.74. The van der Waals surface area contributed by atoms with Crippen LogP contribution >= 0.6 is 0 Å². The molecule has 2 heterocycles. The fourth-order valence-electron chi connectivity index (χ4n) is 2.47. The quantitative estimate of drug-likeness (QED) is 0.867. The number of rotatable bonds is 3. The molecule has 0 saturated carbocycles. The summed E-state index contributed by atoms with van der Waals surface area (Å²) in [7, 11) is 0. The van der Waals surface area contributed by atoms with Gasteiger partial charge in [0.05, 0.1) is 0 Å². The molecule has 0 aliphatic carbocycles. The van der Waals surface area contributed by atoms with E-state index in [0.29, 0.717) is 24.1 Å². The van der Waals surface area contributed by atoms with Gasteiger partial charge in [0.25, 0.3) is 0 Å². The Bertz CT molecular complexity index is 404. The number of piperidine rings is 1. The van der Waals surface area contributed by atoms with Crippen LogP contribution < -0.4 is 5.32 Å². The molecule has 1 aromatic rings. The number of aliphatic hydroxyl groups is 1. The maximum Gasteiger partial charge on any atom is 0.199 e. The lowest BCUT2D eigenvalue weighted by Gasteiger charge is -2.25. The molecule has 102 valence electrons. The van der Waals surface area contributed by atoms with Gasteiger partial charge in [-0.2, -0.15) is 0 Å². The highest BCUT2D eigenvalue weighted by Gasteiger charge is 2.31. The van der Waals surface area contributed by atoms with Crippen LogP contribution in [0, 0.1) is 6.92 Å². The molecule has 0 bridgehead atoms. The Morgan fingerprint density at radius 3 is 2.78 bits per heavy atom. The summed E-state index contributed by atoms with van der Waals surface area (Å²) in [6, 6.07) is 0.579. The third-order valence-corrected chi connectivity index (χ3v) is 4.02. The Morgan fingerprint density at radius 1 is 1.50 bits per heavy atom. The normalized spacial score (nSPS) is 28.1. The van der Waals surface area contributed by atoms with Crippen molar-refractivity contribution < 1.29 is 9.52 Å². The fourth-order valence-corrected chi connectivity index (χ4v) is 2.47. The predicted octanol–water partition coefficient (Wildman–Crippen LogP) is 2.46. The van der Waals surface area contributed by atoms with Gasteiger partial charge >= 0.3 is 0 Å². The van der Waals surface area contributed by atoms with Gasteiger partial charge in [-0.05, 0) is 40.0 Å². The molecule has 4 heteroatoms. The van der Waals surface area contributed by atoms with Crippen LogP contribution in [-0.4, -0.2) is 22.7 Å².